The summed E-state index contributed by atoms with van der Waals surface area (Å²) in [5.74, 6) is 0.530. The average molecular weight is 430 g/mol. The maximum atomic E-state index is 13.0. The molecule has 0 aliphatic rings. The summed E-state index contributed by atoms with van der Waals surface area (Å²) in [6.07, 6.45) is 0.736. The predicted octanol–water partition coefficient (Wildman–Crippen LogP) is 6.22. The van der Waals surface area contributed by atoms with Crippen LogP contribution in [0.4, 0.5) is 11.5 Å². The average Bonchev–Trinajstić information content (AvgIpc) is 2.74. The van der Waals surface area contributed by atoms with Crippen molar-refractivity contribution in [2.45, 2.75) is 20.3 Å². The number of halogens is 1. The lowest BCUT2D eigenvalue weighted by Crippen LogP contribution is -2.26. The van der Waals surface area contributed by atoms with Gasteiger partial charge < -0.3 is 10.6 Å². The van der Waals surface area contributed by atoms with Crippen molar-refractivity contribution in [1.82, 2.24) is 10.3 Å². The second kappa shape index (κ2) is 9.19. The minimum atomic E-state index is -0.115. The van der Waals surface area contributed by atoms with Gasteiger partial charge in [0.1, 0.15) is 5.82 Å². The fourth-order valence-electron chi connectivity index (χ4n) is 3.69. The standard InChI is InChI=1S/C26H24ClN3O/c1-17-13-18(2)15-21(14-17)29-25-16-23(22-5-3-4-6-24(22)30-25)26(31)28-12-11-19-7-9-20(27)10-8-19/h3-10,13-16H,11-12H2,1-2H3,(H,28,31)(H,29,30). The van der Waals surface area contributed by atoms with Crippen LogP contribution in [-0.2, 0) is 6.42 Å². The summed E-state index contributed by atoms with van der Waals surface area (Å²) in [7, 11) is 0. The quantitative estimate of drug-likeness (QED) is 0.382. The zero-order valence-electron chi connectivity index (χ0n) is 17.6. The maximum Gasteiger partial charge on any atom is 0.252 e. The molecule has 0 unspecified atom stereocenters. The first-order chi connectivity index (χ1) is 15.0. The summed E-state index contributed by atoms with van der Waals surface area (Å²) in [5, 5.41) is 7.93. The zero-order chi connectivity index (χ0) is 21.8. The molecule has 4 aromatic rings. The zero-order valence-corrected chi connectivity index (χ0v) is 18.3. The molecule has 1 aromatic heterocycles. The van der Waals surface area contributed by atoms with Crippen molar-refractivity contribution in [1.29, 1.82) is 0 Å². The van der Waals surface area contributed by atoms with Gasteiger partial charge in [-0.1, -0.05) is 48.0 Å². The van der Waals surface area contributed by atoms with Crippen LogP contribution in [0.2, 0.25) is 5.02 Å². The molecule has 2 N–H and O–H groups in total. The monoisotopic (exact) mass is 429 g/mol. The largest absolute Gasteiger partial charge is 0.352 e. The van der Waals surface area contributed by atoms with E-state index in [1.807, 2.05) is 54.6 Å². The number of aryl methyl sites for hydroxylation is 2. The predicted molar refractivity (Wildman–Crippen MR) is 128 cm³/mol. The van der Waals surface area contributed by atoms with E-state index in [9.17, 15) is 4.79 Å². The smallest absolute Gasteiger partial charge is 0.252 e. The molecule has 31 heavy (non-hydrogen) atoms. The van der Waals surface area contributed by atoms with Crippen LogP contribution in [0.15, 0.2) is 72.8 Å². The molecule has 4 nitrogen and oxygen atoms in total. The van der Waals surface area contributed by atoms with Gasteiger partial charge in [-0.25, -0.2) is 4.98 Å². The van der Waals surface area contributed by atoms with Crippen LogP contribution in [-0.4, -0.2) is 17.4 Å². The van der Waals surface area contributed by atoms with Crippen molar-refractivity contribution < 1.29 is 4.79 Å². The van der Waals surface area contributed by atoms with Crippen LogP contribution >= 0.6 is 11.6 Å². The van der Waals surface area contributed by atoms with Gasteiger partial charge in [-0.05, 0) is 73.4 Å². The van der Waals surface area contributed by atoms with Gasteiger partial charge in [-0.3, -0.25) is 4.79 Å². The topological polar surface area (TPSA) is 54.0 Å². The van der Waals surface area contributed by atoms with Gasteiger partial charge in [0, 0.05) is 22.6 Å². The van der Waals surface area contributed by atoms with Crippen molar-refractivity contribution >= 4 is 39.9 Å². The third-order valence-electron chi connectivity index (χ3n) is 5.07. The first-order valence-electron chi connectivity index (χ1n) is 10.3. The molecule has 0 atom stereocenters. The van der Waals surface area contributed by atoms with E-state index in [1.165, 1.54) is 11.1 Å². The first-order valence-corrected chi connectivity index (χ1v) is 10.6. The number of carbonyl (C=O) groups is 1. The molecule has 1 heterocycles. The van der Waals surface area contributed by atoms with Crippen LogP contribution in [0.5, 0.6) is 0 Å². The highest BCUT2D eigenvalue weighted by molar-refractivity contribution is 6.30. The summed E-state index contributed by atoms with van der Waals surface area (Å²) in [6, 6.07) is 23.4. The second-order valence-corrected chi connectivity index (χ2v) is 8.14. The third kappa shape index (κ3) is 5.22. The van der Waals surface area contributed by atoms with Crippen molar-refractivity contribution in [3.05, 3.63) is 100 Å². The van der Waals surface area contributed by atoms with E-state index in [1.54, 1.807) is 0 Å². The molecule has 3 aromatic carbocycles. The van der Waals surface area contributed by atoms with E-state index in [-0.39, 0.29) is 5.91 Å². The molecule has 0 spiro atoms. The van der Waals surface area contributed by atoms with Gasteiger partial charge in [0.2, 0.25) is 0 Å². The normalized spacial score (nSPS) is 10.8. The Morgan fingerprint density at radius 2 is 1.65 bits per heavy atom. The van der Waals surface area contributed by atoms with E-state index in [0.29, 0.717) is 22.9 Å². The van der Waals surface area contributed by atoms with Gasteiger partial charge in [-0.2, -0.15) is 0 Å². The Labute approximate surface area is 187 Å². The van der Waals surface area contributed by atoms with Crippen molar-refractivity contribution in [3.8, 4) is 0 Å². The van der Waals surface area contributed by atoms with E-state index in [2.05, 4.69) is 42.7 Å². The number of nitrogens with zero attached hydrogens (tertiary/aromatic N) is 1. The Hall–Kier alpha value is -3.37. The van der Waals surface area contributed by atoms with Crippen molar-refractivity contribution in [3.63, 3.8) is 0 Å². The number of aromatic nitrogens is 1. The molecular formula is C26H24ClN3O. The molecule has 1 amide bonds. The lowest BCUT2D eigenvalue weighted by molar-refractivity contribution is 0.0956. The number of rotatable bonds is 6. The molecule has 0 aliphatic heterocycles. The second-order valence-electron chi connectivity index (χ2n) is 7.71. The summed E-state index contributed by atoms with van der Waals surface area (Å²) < 4.78 is 0. The SMILES string of the molecule is Cc1cc(C)cc(Nc2cc(C(=O)NCCc3ccc(Cl)cc3)c3ccccc3n2)c1. The maximum absolute atomic E-state index is 13.0. The molecular weight excluding hydrogens is 406 g/mol. The summed E-state index contributed by atoms with van der Waals surface area (Å²) >= 11 is 5.94. The molecule has 0 fully saturated rings. The van der Waals surface area contributed by atoms with E-state index >= 15 is 0 Å². The number of anilines is 2. The van der Waals surface area contributed by atoms with Crippen LogP contribution < -0.4 is 10.6 Å². The number of carbonyl (C=O) groups excluding carboxylic acids is 1. The van der Waals surface area contributed by atoms with E-state index < -0.39 is 0 Å². The first kappa shape index (κ1) is 20.9. The number of hydrogen-bond donors (Lipinski definition) is 2. The number of pyridine rings is 1. The fraction of sp³-hybridized carbons (Fsp3) is 0.154. The van der Waals surface area contributed by atoms with Gasteiger partial charge in [-0.15, -0.1) is 0 Å². The molecule has 4 rings (SSSR count). The Balaban J connectivity index is 1.56. The summed E-state index contributed by atoms with van der Waals surface area (Å²) in [5.41, 5.74) is 5.80. The van der Waals surface area contributed by atoms with E-state index in [4.69, 9.17) is 16.6 Å². The number of amides is 1. The molecule has 0 bridgehead atoms. The molecule has 0 saturated carbocycles. The molecule has 5 heteroatoms. The number of fused-ring (bicyclic) bond motifs is 1. The minimum Gasteiger partial charge on any atom is -0.352 e. The van der Waals surface area contributed by atoms with Crippen LogP contribution in [0, 0.1) is 13.8 Å². The van der Waals surface area contributed by atoms with Crippen LogP contribution in [0.1, 0.15) is 27.0 Å². The van der Waals surface area contributed by atoms with Crippen molar-refractivity contribution in [2.75, 3.05) is 11.9 Å². The van der Waals surface area contributed by atoms with Gasteiger partial charge >= 0.3 is 0 Å². The lowest BCUT2D eigenvalue weighted by Gasteiger charge is -2.13. The highest BCUT2D eigenvalue weighted by Crippen LogP contribution is 2.24. The summed E-state index contributed by atoms with van der Waals surface area (Å²) in [6.45, 7) is 4.66. The molecule has 156 valence electrons. The van der Waals surface area contributed by atoms with Gasteiger partial charge in [0.25, 0.3) is 5.91 Å². The van der Waals surface area contributed by atoms with E-state index in [0.717, 1.165) is 28.6 Å². The minimum absolute atomic E-state index is 0.115. The molecule has 0 saturated heterocycles. The Bertz CT molecular complexity index is 1220. The Kier molecular flexibility index (Phi) is 6.19. The number of hydrogen-bond acceptors (Lipinski definition) is 3. The fourth-order valence-corrected chi connectivity index (χ4v) is 3.81. The Morgan fingerprint density at radius 1 is 0.935 bits per heavy atom. The van der Waals surface area contributed by atoms with Crippen molar-refractivity contribution in [2.24, 2.45) is 0 Å². The highest BCUT2D eigenvalue weighted by Gasteiger charge is 2.13. The van der Waals surface area contributed by atoms with Gasteiger partial charge in [0.15, 0.2) is 0 Å². The lowest BCUT2D eigenvalue weighted by atomic mass is 10.1. The van der Waals surface area contributed by atoms with Gasteiger partial charge in [0.05, 0.1) is 11.1 Å². The summed E-state index contributed by atoms with van der Waals surface area (Å²) in [4.78, 5) is 17.7. The van der Waals surface area contributed by atoms with Crippen LogP contribution in [0.25, 0.3) is 10.9 Å². The highest BCUT2D eigenvalue weighted by atomic mass is 35.5. The molecule has 0 radical (unpaired) electrons. The Morgan fingerprint density at radius 3 is 2.39 bits per heavy atom. The third-order valence-corrected chi connectivity index (χ3v) is 5.32. The number of benzene rings is 3. The molecule has 0 aliphatic carbocycles. The number of nitrogens with one attached hydrogen (secondary N) is 2. The van der Waals surface area contributed by atoms with Crippen LogP contribution in [0.3, 0.4) is 0 Å². The number of para-hydroxylation sites is 1.